The van der Waals surface area contributed by atoms with Gasteiger partial charge in [0.2, 0.25) is 5.91 Å². The Morgan fingerprint density at radius 2 is 2.24 bits per heavy atom. The van der Waals surface area contributed by atoms with Crippen molar-refractivity contribution >= 4 is 46.8 Å². The number of carboxylic acids is 1. The molecule has 0 bridgehead atoms. The number of rotatable bonds is 7. The van der Waals surface area contributed by atoms with E-state index >= 15 is 0 Å². The Balaban J connectivity index is 1.44. The molecule has 152 valence electrons. The Hall–Kier alpha value is -2.93. The lowest BCUT2D eigenvalue weighted by atomic mass is 10.0. The van der Waals surface area contributed by atoms with E-state index in [1.165, 1.54) is 32.8 Å². The van der Waals surface area contributed by atoms with Crippen molar-refractivity contribution < 1.29 is 19.5 Å². The molecule has 1 fully saturated rings. The third-order valence-corrected chi connectivity index (χ3v) is 6.67. The summed E-state index contributed by atoms with van der Waals surface area (Å²) in [4.78, 5) is 40.1. The minimum absolute atomic E-state index is 0.0566. The van der Waals surface area contributed by atoms with Crippen LogP contribution in [0.5, 0.6) is 0 Å². The number of fused-ring (bicyclic) bond motifs is 1. The third-order valence-electron chi connectivity index (χ3n) is 4.45. The summed E-state index contributed by atoms with van der Waals surface area (Å²) in [5, 5.41) is 28.2. The number of anilines is 1. The maximum Gasteiger partial charge on any atom is 0.352 e. The number of tetrazole rings is 1. The molecule has 2 atom stereocenters. The van der Waals surface area contributed by atoms with Crippen LogP contribution in [0, 0.1) is 0 Å². The largest absolute Gasteiger partial charge is 0.477 e. The lowest BCUT2D eigenvalue weighted by Gasteiger charge is -2.49. The molecule has 2 aliphatic rings. The third kappa shape index (κ3) is 3.82. The van der Waals surface area contributed by atoms with Crippen LogP contribution in [0.4, 0.5) is 5.95 Å². The lowest BCUT2D eigenvalue weighted by molar-refractivity contribution is -0.150. The summed E-state index contributed by atoms with van der Waals surface area (Å²) in [5.41, 5.74) is 0.488. The highest BCUT2D eigenvalue weighted by molar-refractivity contribution is 8.00. The standard InChI is InChI=1S/C16H17N7O4S2/c1-22-20-16(19-21-22)17-6-8-7-29-14-11(13(25)23(14)12(8)15(26)27)18-10(24)5-9-3-2-4-28-9/h2-4,11,14H,5-7H2,1H3,(H,17,20)(H,18,24)(H,26,27)/t11?,14-/m1/s1. The molecule has 13 heteroatoms. The molecule has 0 aromatic carbocycles. The van der Waals surface area contributed by atoms with Crippen LogP contribution >= 0.6 is 23.1 Å². The SMILES string of the molecule is Cn1nnc(NCC2=C(C(=O)O)N3C(=O)C(NC(=O)Cc4cccs4)[C@H]3SC2)n1. The molecule has 1 unspecified atom stereocenters. The summed E-state index contributed by atoms with van der Waals surface area (Å²) in [5.74, 6) is -1.19. The van der Waals surface area contributed by atoms with E-state index in [9.17, 15) is 19.5 Å². The predicted octanol–water partition coefficient (Wildman–Crippen LogP) is -0.335. The topological polar surface area (TPSA) is 142 Å². The number of thioether (sulfide) groups is 1. The highest BCUT2D eigenvalue weighted by atomic mass is 32.2. The van der Waals surface area contributed by atoms with Crippen molar-refractivity contribution in [2.24, 2.45) is 7.05 Å². The number of nitrogens with zero attached hydrogens (tertiary/aromatic N) is 5. The van der Waals surface area contributed by atoms with E-state index < -0.39 is 23.3 Å². The Morgan fingerprint density at radius 1 is 1.41 bits per heavy atom. The number of aliphatic carboxylic acids is 1. The molecule has 2 aromatic rings. The van der Waals surface area contributed by atoms with Gasteiger partial charge in [0.1, 0.15) is 17.1 Å². The van der Waals surface area contributed by atoms with Gasteiger partial charge in [-0.15, -0.1) is 28.2 Å². The minimum atomic E-state index is -1.18. The number of hydrogen-bond donors (Lipinski definition) is 3. The van der Waals surface area contributed by atoms with E-state index in [-0.39, 0.29) is 30.5 Å². The second kappa shape index (κ2) is 7.83. The molecule has 11 nitrogen and oxygen atoms in total. The zero-order valence-corrected chi connectivity index (χ0v) is 16.9. The summed E-state index contributed by atoms with van der Waals surface area (Å²) in [6.07, 6.45) is 0.195. The second-order valence-electron chi connectivity index (χ2n) is 6.42. The number of carbonyl (C=O) groups is 3. The summed E-state index contributed by atoms with van der Waals surface area (Å²) in [6.45, 7) is 0.173. The molecule has 0 aliphatic carbocycles. The number of nitrogens with one attached hydrogen (secondary N) is 2. The molecule has 2 aromatic heterocycles. The van der Waals surface area contributed by atoms with Crippen LogP contribution < -0.4 is 10.6 Å². The highest BCUT2D eigenvalue weighted by Gasteiger charge is 2.54. The van der Waals surface area contributed by atoms with E-state index in [2.05, 4.69) is 26.0 Å². The first-order valence-electron chi connectivity index (χ1n) is 8.63. The number of aromatic nitrogens is 4. The average molecular weight is 435 g/mol. The van der Waals surface area contributed by atoms with Gasteiger partial charge in [0, 0.05) is 17.2 Å². The number of thiophene rings is 1. The van der Waals surface area contributed by atoms with Gasteiger partial charge in [-0.25, -0.2) is 4.79 Å². The Labute approximate surface area is 173 Å². The second-order valence-corrected chi connectivity index (χ2v) is 8.56. The van der Waals surface area contributed by atoms with Crippen molar-refractivity contribution in [3.05, 3.63) is 33.7 Å². The molecule has 4 rings (SSSR count). The smallest absolute Gasteiger partial charge is 0.352 e. The van der Waals surface area contributed by atoms with Crippen molar-refractivity contribution in [2.75, 3.05) is 17.6 Å². The van der Waals surface area contributed by atoms with Gasteiger partial charge in [-0.2, -0.15) is 4.80 Å². The van der Waals surface area contributed by atoms with Crippen LogP contribution in [0.25, 0.3) is 0 Å². The summed E-state index contributed by atoms with van der Waals surface area (Å²) >= 11 is 2.88. The van der Waals surface area contributed by atoms with Crippen LogP contribution in [0.3, 0.4) is 0 Å². The molecular formula is C16H17N7O4S2. The quantitative estimate of drug-likeness (QED) is 0.498. The molecular weight excluding hydrogens is 418 g/mol. The van der Waals surface area contributed by atoms with Crippen LogP contribution in [0.15, 0.2) is 28.8 Å². The number of aryl methyl sites for hydroxylation is 1. The van der Waals surface area contributed by atoms with E-state index in [4.69, 9.17) is 0 Å². The van der Waals surface area contributed by atoms with Crippen molar-refractivity contribution in [3.63, 3.8) is 0 Å². The fourth-order valence-corrected chi connectivity index (χ4v) is 5.21. The van der Waals surface area contributed by atoms with E-state index in [1.807, 2.05) is 17.5 Å². The van der Waals surface area contributed by atoms with Crippen LogP contribution in [-0.2, 0) is 27.9 Å². The van der Waals surface area contributed by atoms with E-state index in [1.54, 1.807) is 7.05 Å². The van der Waals surface area contributed by atoms with Gasteiger partial charge in [0.15, 0.2) is 0 Å². The summed E-state index contributed by atoms with van der Waals surface area (Å²) < 4.78 is 0. The van der Waals surface area contributed by atoms with E-state index in [0.29, 0.717) is 11.3 Å². The Kier molecular flexibility index (Phi) is 5.24. The van der Waals surface area contributed by atoms with Crippen molar-refractivity contribution in [2.45, 2.75) is 17.8 Å². The molecule has 2 amide bonds. The predicted molar refractivity (Wildman–Crippen MR) is 105 cm³/mol. The van der Waals surface area contributed by atoms with Crippen molar-refractivity contribution in [3.8, 4) is 0 Å². The molecule has 0 spiro atoms. The first-order valence-corrected chi connectivity index (χ1v) is 10.6. The van der Waals surface area contributed by atoms with Gasteiger partial charge >= 0.3 is 5.97 Å². The zero-order valence-electron chi connectivity index (χ0n) is 15.2. The molecule has 0 radical (unpaired) electrons. The number of amides is 2. The first-order chi connectivity index (χ1) is 13.9. The van der Waals surface area contributed by atoms with Crippen LogP contribution in [0.1, 0.15) is 4.88 Å². The Morgan fingerprint density at radius 3 is 2.90 bits per heavy atom. The highest BCUT2D eigenvalue weighted by Crippen LogP contribution is 2.40. The molecule has 29 heavy (non-hydrogen) atoms. The fourth-order valence-electron chi connectivity index (χ4n) is 3.16. The fraction of sp³-hybridized carbons (Fsp3) is 0.375. The number of β-lactam (4-membered cyclic amide) rings is 1. The van der Waals surface area contributed by atoms with Gasteiger partial charge in [0.05, 0.1) is 13.5 Å². The summed E-state index contributed by atoms with van der Waals surface area (Å²) in [6, 6.07) is 2.99. The van der Waals surface area contributed by atoms with Gasteiger partial charge in [-0.3, -0.25) is 14.5 Å². The van der Waals surface area contributed by atoms with Crippen molar-refractivity contribution in [1.82, 2.24) is 30.4 Å². The molecule has 2 aliphatic heterocycles. The van der Waals surface area contributed by atoms with Gasteiger partial charge in [-0.05, 0) is 22.2 Å². The summed E-state index contributed by atoms with van der Waals surface area (Å²) in [7, 11) is 1.62. The number of hydrogen-bond acceptors (Lipinski definition) is 9. The first kappa shape index (κ1) is 19.4. The lowest BCUT2D eigenvalue weighted by Crippen LogP contribution is -2.70. The minimum Gasteiger partial charge on any atom is -0.477 e. The van der Waals surface area contributed by atoms with Gasteiger partial charge < -0.3 is 15.7 Å². The molecule has 1 saturated heterocycles. The molecule has 3 N–H and O–H groups in total. The van der Waals surface area contributed by atoms with Gasteiger partial charge in [-0.1, -0.05) is 11.2 Å². The normalized spacial score (nSPS) is 20.9. The van der Waals surface area contributed by atoms with Crippen LogP contribution in [-0.4, -0.2) is 71.7 Å². The number of carbonyl (C=O) groups excluding carboxylic acids is 2. The maximum absolute atomic E-state index is 12.6. The Bertz CT molecular complexity index is 987. The van der Waals surface area contributed by atoms with Crippen LogP contribution in [0.2, 0.25) is 0 Å². The van der Waals surface area contributed by atoms with Crippen molar-refractivity contribution in [1.29, 1.82) is 0 Å². The zero-order chi connectivity index (χ0) is 20.5. The maximum atomic E-state index is 12.6. The average Bonchev–Trinajstić information content (AvgIpc) is 3.35. The monoisotopic (exact) mass is 435 g/mol. The van der Waals surface area contributed by atoms with E-state index in [0.717, 1.165) is 4.88 Å². The number of carboxylic acid groups (broad SMARTS) is 1. The molecule has 4 heterocycles. The molecule has 0 saturated carbocycles. The van der Waals surface area contributed by atoms with Gasteiger partial charge in [0.25, 0.3) is 11.9 Å².